The number of aromatic hydroxyl groups is 1. The molecule has 1 unspecified atom stereocenters. The molecule has 0 spiro atoms. The first kappa shape index (κ1) is 22.8. The van der Waals surface area contributed by atoms with Gasteiger partial charge in [-0.2, -0.15) is 0 Å². The second-order valence-electron chi connectivity index (χ2n) is 9.07. The van der Waals surface area contributed by atoms with E-state index in [1.165, 1.54) is 12.1 Å². The summed E-state index contributed by atoms with van der Waals surface area (Å²) in [5.74, 6) is -6.36. The third kappa shape index (κ3) is 3.20. The zero-order valence-electron chi connectivity index (χ0n) is 18.6. The lowest BCUT2D eigenvalue weighted by Gasteiger charge is -2.46. The van der Waals surface area contributed by atoms with Gasteiger partial charge < -0.3 is 21.1 Å². The van der Waals surface area contributed by atoms with Gasteiger partial charge in [0.2, 0.25) is 0 Å². The average Bonchev–Trinajstić information content (AvgIpc) is 2.72. The van der Waals surface area contributed by atoms with Crippen LogP contribution in [0.15, 0.2) is 34.8 Å². The predicted octanol–water partition coefficient (Wildman–Crippen LogP) is 0.240. The number of nitrogens with zero attached hydrogens (tertiary/aromatic N) is 1. The quantitative estimate of drug-likeness (QED) is 0.287. The number of allylic oxidation sites excluding steroid dienone is 2. The Morgan fingerprint density at radius 1 is 1.15 bits per heavy atom. The van der Waals surface area contributed by atoms with Crippen LogP contribution < -0.4 is 5.73 Å². The first-order valence-corrected chi connectivity index (χ1v) is 10.8. The molecule has 3 aliphatic rings. The van der Waals surface area contributed by atoms with Crippen LogP contribution in [0.1, 0.15) is 32.7 Å². The summed E-state index contributed by atoms with van der Waals surface area (Å²) < 4.78 is 0. The Balaban J connectivity index is 1.92. The van der Waals surface area contributed by atoms with E-state index in [4.69, 9.17) is 5.73 Å². The molecule has 0 aliphatic heterocycles. The van der Waals surface area contributed by atoms with E-state index in [2.05, 4.69) is 0 Å². The molecule has 4 atom stereocenters. The highest BCUT2D eigenvalue weighted by atomic mass is 16.3. The van der Waals surface area contributed by atoms with Crippen molar-refractivity contribution in [2.45, 2.75) is 25.2 Å². The third-order valence-corrected chi connectivity index (χ3v) is 7.07. The summed E-state index contributed by atoms with van der Waals surface area (Å²) >= 11 is 0. The first-order valence-electron chi connectivity index (χ1n) is 10.8. The summed E-state index contributed by atoms with van der Waals surface area (Å²) in [6, 6.07) is 1.99. The summed E-state index contributed by atoms with van der Waals surface area (Å²) in [4.78, 5) is 52.7. The highest BCUT2D eigenvalue weighted by Gasteiger charge is 2.54. The predicted molar refractivity (Wildman–Crippen MR) is 120 cm³/mol. The van der Waals surface area contributed by atoms with Gasteiger partial charge in [0.1, 0.15) is 30.7 Å². The highest BCUT2D eigenvalue weighted by Crippen LogP contribution is 2.50. The fraction of sp³-hybridized carbons (Fsp3) is 0.391. The molecule has 0 saturated carbocycles. The van der Waals surface area contributed by atoms with E-state index in [0.717, 1.165) is 0 Å². The molecule has 0 fully saturated rings. The zero-order chi connectivity index (χ0) is 24.4. The summed E-state index contributed by atoms with van der Waals surface area (Å²) in [6.07, 6.45) is 0.677. The number of aliphatic hydroxyl groups excluding tert-OH is 2. The number of benzene rings is 1. The second-order valence-corrected chi connectivity index (χ2v) is 9.07. The number of amides is 1. The van der Waals surface area contributed by atoms with Crippen molar-refractivity contribution in [1.82, 2.24) is 4.90 Å². The molecule has 4 rings (SSSR count). The molecule has 10 heteroatoms. The minimum absolute atomic E-state index is 0.00351. The smallest absolute Gasteiger partial charge is 0.255 e. The standard InChI is InChI=1S/C23H25BN2O7/c1-26(2)18-11-6-8-5-10-9(13(28)7-24)3-4-12(27)15(10)19(29)14(8)20(30)16(11)21(31)17(22(18)32)23(25)33/h3-4,8,11,16,18,27,30,32H,5-7,24H2,1-2H3,(H2,25,33)/t8-,11+,16?,18-/m0/s1. The Bertz CT molecular complexity index is 1180. The maximum atomic E-state index is 13.5. The Morgan fingerprint density at radius 3 is 2.39 bits per heavy atom. The van der Waals surface area contributed by atoms with Crippen LogP contribution in [0.5, 0.6) is 5.75 Å². The molecule has 1 aromatic rings. The van der Waals surface area contributed by atoms with Gasteiger partial charge in [0, 0.05) is 11.1 Å². The lowest BCUT2D eigenvalue weighted by Crippen LogP contribution is -2.53. The summed E-state index contributed by atoms with van der Waals surface area (Å²) in [7, 11) is 5.04. The molecule has 0 heterocycles. The SMILES string of the molecule is BCC(=O)c1ccc(O)c2c1C[C@H]1C[C@@H]3C(C(=O)C(C(N)=O)=C(O)[C@H]3N(C)C)C(O)=C1C2=O. The van der Waals surface area contributed by atoms with Crippen molar-refractivity contribution in [2.75, 3.05) is 14.1 Å². The van der Waals surface area contributed by atoms with Gasteiger partial charge in [-0.05, 0) is 62.8 Å². The molecular weight excluding hydrogens is 427 g/mol. The highest BCUT2D eigenvalue weighted by molar-refractivity contribution is 6.25. The minimum atomic E-state index is -1.23. The van der Waals surface area contributed by atoms with Crippen molar-refractivity contribution in [2.24, 2.45) is 23.5 Å². The van der Waals surface area contributed by atoms with Crippen LogP contribution in [0.25, 0.3) is 0 Å². The number of likely N-dealkylation sites (N-methyl/N-ethyl adjacent to an activating group) is 1. The van der Waals surface area contributed by atoms with Crippen LogP contribution in [0.4, 0.5) is 0 Å². The zero-order valence-corrected chi connectivity index (χ0v) is 18.6. The Morgan fingerprint density at radius 2 is 1.82 bits per heavy atom. The molecule has 0 saturated heterocycles. The maximum Gasteiger partial charge on any atom is 0.255 e. The molecular formula is C23H25BN2O7. The van der Waals surface area contributed by atoms with Gasteiger partial charge in [-0.25, -0.2) is 0 Å². The lowest BCUT2D eigenvalue weighted by molar-refractivity contribution is -0.127. The van der Waals surface area contributed by atoms with E-state index in [1.807, 2.05) is 0 Å². The molecule has 172 valence electrons. The van der Waals surface area contributed by atoms with Crippen molar-refractivity contribution < 1.29 is 34.5 Å². The van der Waals surface area contributed by atoms with Crippen molar-refractivity contribution in [1.29, 1.82) is 0 Å². The van der Waals surface area contributed by atoms with Gasteiger partial charge in [0.05, 0.1) is 17.5 Å². The van der Waals surface area contributed by atoms with Crippen LogP contribution in [0.2, 0.25) is 6.32 Å². The van der Waals surface area contributed by atoms with Gasteiger partial charge in [0.25, 0.3) is 5.91 Å². The van der Waals surface area contributed by atoms with Crippen LogP contribution in [-0.2, 0) is 16.0 Å². The van der Waals surface area contributed by atoms with E-state index >= 15 is 0 Å². The van der Waals surface area contributed by atoms with Gasteiger partial charge in [-0.1, -0.05) is 0 Å². The number of carbonyl (C=O) groups excluding carboxylic acids is 4. The van der Waals surface area contributed by atoms with Crippen LogP contribution in [-0.4, -0.2) is 71.5 Å². The monoisotopic (exact) mass is 452 g/mol. The van der Waals surface area contributed by atoms with Crippen LogP contribution in [0.3, 0.4) is 0 Å². The lowest BCUT2D eigenvalue weighted by atomic mass is 9.60. The molecule has 5 N–H and O–H groups in total. The largest absolute Gasteiger partial charge is 0.511 e. The van der Waals surface area contributed by atoms with Crippen molar-refractivity contribution in [3.8, 4) is 5.75 Å². The molecule has 33 heavy (non-hydrogen) atoms. The van der Waals surface area contributed by atoms with E-state index in [1.54, 1.807) is 26.8 Å². The average molecular weight is 452 g/mol. The number of ketones is 3. The molecule has 0 aromatic heterocycles. The second kappa shape index (κ2) is 7.88. The fourth-order valence-electron chi connectivity index (χ4n) is 5.72. The van der Waals surface area contributed by atoms with Gasteiger partial charge in [-0.3, -0.25) is 24.1 Å². The Hall–Kier alpha value is -3.40. The van der Waals surface area contributed by atoms with E-state index in [-0.39, 0.29) is 41.8 Å². The van der Waals surface area contributed by atoms with Crippen molar-refractivity contribution in [3.05, 3.63) is 51.5 Å². The number of primary amides is 1. The van der Waals surface area contributed by atoms with Crippen LogP contribution in [0, 0.1) is 17.8 Å². The fourth-order valence-corrected chi connectivity index (χ4v) is 5.72. The maximum absolute atomic E-state index is 13.5. The van der Waals surface area contributed by atoms with Crippen molar-refractivity contribution >= 4 is 31.1 Å². The third-order valence-electron chi connectivity index (χ3n) is 7.07. The number of carbonyl (C=O) groups is 4. The summed E-state index contributed by atoms with van der Waals surface area (Å²) in [6.45, 7) is 0. The topological polar surface area (TPSA) is 158 Å². The Kier molecular flexibility index (Phi) is 5.44. The number of fused-ring (bicyclic) bond motifs is 3. The number of phenolic OH excluding ortho intramolecular Hbond substituents is 1. The number of phenols is 1. The normalized spacial score (nSPS) is 26.8. The van der Waals surface area contributed by atoms with E-state index < -0.39 is 58.4 Å². The molecule has 3 aliphatic carbocycles. The van der Waals surface area contributed by atoms with E-state index in [0.29, 0.717) is 11.1 Å². The minimum Gasteiger partial charge on any atom is -0.511 e. The molecule has 1 amide bonds. The number of nitrogens with two attached hydrogens (primary N) is 1. The molecule has 0 bridgehead atoms. The molecule has 0 radical (unpaired) electrons. The van der Waals surface area contributed by atoms with Crippen molar-refractivity contribution in [3.63, 3.8) is 0 Å². The van der Waals surface area contributed by atoms with Gasteiger partial charge in [-0.15, -0.1) is 0 Å². The van der Waals surface area contributed by atoms with Gasteiger partial charge >= 0.3 is 0 Å². The number of rotatable bonds is 4. The van der Waals surface area contributed by atoms with Crippen LogP contribution >= 0.6 is 0 Å². The van der Waals surface area contributed by atoms with Gasteiger partial charge in [0.15, 0.2) is 17.3 Å². The number of Topliss-reactive ketones (excluding diaryl/α,β-unsaturated/α-hetero) is 3. The first-order chi connectivity index (χ1) is 15.5. The molecule has 1 aromatic carbocycles. The Labute approximate surface area is 191 Å². The van der Waals surface area contributed by atoms with E-state index in [9.17, 15) is 34.5 Å². The summed E-state index contributed by atoms with van der Waals surface area (Å²) in [5.41, 5.74) is 5.49. The summed E-state index contributed by atoms with van der Waals surface area (Å²) in [5, 5.41) is 32.3. The number of hydrogen-bond donors (Lipinski definition) is 4. The number of hydrogen-bond acceptors (Lipinski definition) is 8. The number of aliphatic hydroxyl groups is 2. The molecule has 9 nitrogen and oxygen atoms in total.